The number of esters is 1. The van der Waals surface area contributed by atoms with Gasteiger partial charge in [-0.2, -0.15) is 0 Å². The van der Waals surface area contributed by atoms with Crippen molar-refractivity contribution in [2.75, 3.05) is 25.1 Å². The van der Waals surface area contributed by atoms with Gasteiger partial charge in [0.2, 0.25) is 0 Å². The molecule has 104 valence electrons. The van der Waals surface area contributed by atoms with Crippen molar-refractivity contribution < 1.29 is 14.3 Å². The highest BCUT2D eigenvalue weighted by atomic mass is 79.9. The topological polar surface area (TPSA) is 47.6 Å². The highest BCUT2D eigenvalue weighted by molar-refractivity contribution is 9.10. The molecule has 0 amide bonds. The fraction of sp³-hybridized carbons (Fsp3) is 0.500. The second-order valence-corrected chi connectivity index (χ2v) is 5.33. The van der Waals surface area contributed by atoms with Crippen molar-refractivity contribution >= 4 is 27.6 Å². The predicted octanol–water partition coefficient (Wildman–Crippen LogP) is 3.22. The molecular weight excluding hydrogens is 310 g/mol. The van der Waals surface area contributed by atoms with Crippen LogP contribution in [-0.2, 0) is 9.47 Å². The lowest BCUT2D eigenvalue weighted by molar-refractivity contribution is 0.0526. The molecule has 4 nitrogen and oxygen atoms in total. The molecule has 1 heterocycles. The molecule has 1 aliphatic rings. The Morgan fingerprint density at radius 1 is 1.58 bits per heavy atom. The maximum absolute atomic E-state index is 11.6. The van der Waals surface area contributed by atoms with Gasteiger partial charge in [0.05, 0.1) is 18.8 Å². The Morgan fingerprint density at radius 2 is 2.42 bits per heavy atom. The zero-order chi connectivity index (χ0) is 13.7. The van der Waals surface area contributed by atoms with E-state index in [-0.39, 0.29) is 5.97 Å². The summed E-state index contributed by atoms with van der Waals surface area (Å²) < 4.78 is 11.3. The summed E-state index contributed by atoms with van der Waals surface area (Å²) in [4.78, 5) is 11.6. The van der Waals surface area contributed by atoms with Gasteiger partial charge in [0.25, 0.3) is 0 Å². The van der Waals surface area contributed by atoms with Crippen LogP contribution in [0.2, 0.25) is 0 Å². The summed E-state index contributed by atoms with van der Waals surface area (Å²) in [6.07, 6.45) is 2.18. The van der Waals surface area contributed by atoms with Crippen LogP contribution >= 0.6 is 15.9 Å². The molecule has 0 aliphatic carbocycles. The first-order chi connectivity index (χ1) is 9.20. The minimum atomic E-state index is -0.296. The second kappa shape index (κ2) is 6.91. The van der Waals surface area contributed by atoms with E-state index in [0.29, 0.717) is 18.2 Å². The molecule has 2 rings (SSSR count). The third-order valence-corrected chi connectivity index (χ3v) is 3.66. The third kappa shape index (κ3) is 3.94. The molecule has 1 aromatic rings. The van der Waals surface area contributed by atoms with Crippen LogP contribution in [0.5, 0.6) is 0 Å². The number of hydrogen-bond donors (Lipinski definition) is 1. The number of nitrogens with one attached hydrogen (secondary N) is 1. The van der Waals surface area contributed by atoms with E-state index in [2.05, 4.69) is 21.2 Å². The van der Waals surface area contributed by atoms with Gasteiger partial charge in [0.15, 0.2) is 0 Å². The number of ether oxygens (including phenoxy) is 2. The van der Waals surface area contributed by atoms with Crippen molar-refractivity contribution in [2.24, 2.45) is 0 Å². The van der Waals surface area contributed by atoms with Crippen molar-refractivity contribution in [1.82, 2.24) is 0 Å². The molecule has 1 aromatic carbocycles. The lowest BCUT2D eigenvalue weighted by atomic mass is 10.1. The van der Waals surface area contributed by atoms with Gasteiger partial charge in [0.1, 0.15) is 0 Å². The Bertz CT molecular complexity index is 444. The molecule has 1 atom stereocenters. The van der Waals surface area contributed by atoms with Gasteiger partial charge in [-0.05, 0) is 53.9 Å². The second-order valence-electron chi connectivity index (χ2n) is 4.47. The lowest BCUT2D eigenvalue weighted by Crippen LogP contribution is -2.30. The number of hydrogen-bond acceptors (Lipinski definition) is 4. The first-order valence-electron chi connectivity index (χ1n) is 6.51. The summed E-state index contributed by atoms with van der Waals surface area (Å²) in [5.74, 6) is -0.296. The first kappa shape index (κ1) is 14.3. The Hall–Kier alpha value is -1.07. The molecule has 0 spiro atoms. The fourth-order valence-corrected chi connectivity index (χ4v) is 2.54. The molecule has 1 saturated heterocycles. The van der Waals surface area contributed by atoms with Crippen LogP contribution in [0.4, 0.5) is 5.69 Å². The smallest absolute Gasteiger partial charge is 0.338 e. The number of carbonyl (C=O) groups is 1. The van der Waals surface area contributed by atoms with Crippen LogP contribution in [0, 0.1) is 0 Å². The van der Waals surface area contributed by atoms with Crippen LogP contribution in [0.25, 0.3) is 0 Å². The Labute approximate surface area is 121 Å². The van der Waals surface area contributed by atoms with Crippen LogP contribution < -0.4 is 5.32 Å². The van der Waals surface area contributed by atoms with Gasteiger partial charge in [-0.3, -0.25) is 0 Å². The number of benzene rings is 1. The Morgan fingerprint density at radius 3 is 3.05 bits per heavy atom. The zero-order valence-electron chi connectivity index (χ0n) is 10.9. The molecular formula is C14H18BrNO3. The third-order valence-electron chi connectivity index (χ3n) is 3.00. The average molecular weight is 328 g/mol. The van der Waals surface area contributed by atoms with E-state index in [4.69, 9.17) is 9.47 Å². The summed E-state index contributed by atoms with van der Waals surface area (Å²) in [6.45, 7) is 3.76. The maximum atomic E-state index is 11.6. The van der Waals surface area contributed by atoms with Gasteiger partial charge in [0, 0.05) is 22.8 Å². The number of halogens is 1. The van der Waals surface area contributed by atoms with Crippen molar-refractivity contribution in [3.63, 3.8) is 0 Å². The first-order valence-corrected chi connectivity index (χ1v) is 7.31. The van der Waals surface area contributed by atoms with E-state index in [1.807, 2.05) is 6.07 Å². The van der Waals surface area contributed by atoms with Crippen molar-refractivity contribution in [2.45, 2.75) is 25.8 Å². The van der Waals surface area contributed by atoms with E-state index >= 15 is 0 Å². The molecule has 1 N–H and O–H groups in total. The van der Waals surface area contributed by atoms with Crippen LogP contribution in [0.1, 0.15) is 30.1 Å². The van der Waals surface area contributed by atoms with Gasteiger partial charge < -0.3 is 14.8 Å². The highest BCUT2D eigenvalue weighted by Gasteiger charge is 2.15. The molecule has 1 fully saturated rings. The lowest BCUT2D eigenvalue weighted by Gasteiger charge is -2.24. The Kier molecular flexibility index (Phi) is 5.22. The summed E-state index contributed by atoms with van der Waals surface area (Å²) in [5.41, 5.74) is 1.53. The van der Waals surface area contributed by atoms with Crippen LogP contribution in [0.3, 0.4) is 0 Å². The molecule has 0 radical (unpaired) electrons. The molecule has 19 heavy (non-hydrogen) atoms. The Balaban J connectivity index is 2.04. The predicted molar refractivity (Wildman–Crippen MR) is 77.6 cm³/mol. The summed E-state index contributed by atoms with van der Waals surface area (Å²) in [5, 5.41) is 3.42. The standard InChI is InChI=1S/C14H18BrNO3/c1-2-19-14(17)10-5-6-13(12(15)8-10)16-11-4-3-7-18-9-11/h5-6,8,11,16H,2-4,7,9H2,1H3. The van der Waals surface area contributed by atoms with Crippen molar-refractivity contribution in [3.8, 4) is 0 Å². The van der Waals surface area contributed by atoms with Crippen molar-refractivity contribution in [1.29, 1.82) is 0 Å². The normalized spacial score (nSPS) is 18.9. The minimum absolute atomic E-state index is 0.296. The van der Waals surface area contributed by atoms with Crippen LogP contribution in [-0.4, -0.2) is 31.8 Å². The zero-order valence-corrected chi connectivity index (χ0v) is 12.5. The number of carbonyl (C=O) groups excluding carboxylic acids is 1. The highest BCUT2D eigenvalue weighted by Crippen LogP contribution is 2.26. The largest absolute Gasteiger partial charge is 0.462 e. The van der Waals surface area contributed by atoms with Crippen LogP contribution in [0.15, 0.2) is 22.7 Å². The van der Waals surface area contributed by atoms with Gasteiger partial charge in [-0.25, -0.2) is 4.79 Å². The summed E-state index contributed by atoms with van der Waals surface area (Å²) in [7, 11) is 0. The van der Waals surface area contributed by atoms with Gasteiger partial charge in [-0.1, -0.05) is 0 Å². The maximum Gasteiger partial charge on any atom is 0.338 e. The van der Waals surface area contributed by atoms with E-state index in [1.165, 1.54) is 0 Å². The molecule has 0 saturated carbocycles. The van der Waals surface area contributed by atoms with E-state index < -0.39 is 0 Å². The molecule has 5 heteroatoms. The molecule has 1 unspecified atom stereocenters. The number of rotatable bonds is 4. The number of anilines is 1. The molecule has 0 bridgehead atoms. The minimum Gasteiger partial charge on any atom is -0.462 e. The van der Waals surface area contributed by atoms with E-state index in [0.717, 1.165) is 36.2 Å². The fourth-order valence-electron chi connectivity index (χ4n) is 2.05. The molecule has 1 aliphatic heterocycles. The van der Waals surface area contributed by atoms with E-state index in [1.54, 1.807) is 19.1 Å². The molecule has 0 aromatic heterocycles. The quantitative estimate of drug-likeness (QED) is 0.862. The van der Waals surface area contributed by atoms with Crippen molar-refractivity contribution in [3.05, 3.63) is 28.2 Å². The summed E-state index contributed by atoms with van der Waals surface area (Å²) >= 11 is 3.48. The van der Waals surface area contributed by atoms with Gasteiger partial charge in [-0.15, -0.1) is 0 Å². The monoisotopic (exact) mass is 327 g/mol. The SMILES string of the molecule is CCOC(=O)c1ccc(NC2CCCOC2)c(Br)c1. The average Bonchev–Trinajstić information content (AvgIpc) is 2.42. The summed E-state index contributed by atoms with van der Waals surface area (Å²) in [6, 6.07) is 5.78. The van der Waals surface area contributed by atoms with E-state index in [9.17, 15) is 4.79 Å². The van der Waals surface area contributed by atoms with Gasteiger partial charge >= 0.3 is 5.97 Å².